The number of cyclic esters (lactones) is 1. The van der Waals surface area contributed by atoms with Crippen molar-refractivity contribution in [2.45, 2.75) is 5.92 Å². The number of aromatic nitrogens is 2. The molecule has 0 saturated carbocycles. The van der Waals surface area contributed by atoms with Gasteiger partial charge in [-0.1, -0.05) is 91.0 Å². The van der Waals surface area contributed by atoms with Crippen molar-refractivity contribution in [3.63, 3.8) is 0 Å². The molecule has 0 aliphatic carbocycles. The molecule has 2 aliphatic rings. The number of aromatic amines is 1. The Labute approximate surface area is 218 Å². The fraction of sp³-hybridized carbons (Fsp3) is 0.0625. The van der Waals surface area contributed by atoms with E-state index in [0.717, 1.165) is 50.3 Å². The Bertz CT molecular complexity index is 1690. The highest BCUT2D eigenvalue weighted by Crippen LogP contribution is 2.47. The molecule has 0 radical (unpaired) electrons. The summed E-state index contributed by atoms with van der Waals surface area (Å²) in [4.78, 5) is 12.9. The maximum absolute atomic E-state index is 13.3. The normalized spacial score (nSPS) is 16.0. The summed E-state index contributed by atoms with van der Waals surface area (Å²) < 4.78 is 18.7. The van der Waals surface area contributed by atoms with Gasteiger partial charge in [-0.15, -0.1) is 0 Å². The lowest BCUT2D eigenvalue weighted by molar-refractivity contribution is -0.136. The molecule has 4 aromatic carbocycles. The zero-order valence-electron chi connectivity index (χ0n) is 20.2. The van der Waals surface area contributed by atoms with Crippen molar-refractivity contribution < 1.29 is 13.9 Å². The third kappa shape index (κ3) is 3.69. The number of esters is 1. The van der Waals surface area contributed by atoms with Crippen molar-refractivity contribution in [2.75, 3.05) is 11.9 Å². The Morgan fingerprint density at radius 2 is 1.32 bits per heavy atom. The van der Waals surface area contributed by atoms with Crippen LogP contribution in [0.1, 0.15) is 17.0 Å². The number of hydrogen-bond acceptors (Lipinski definition) is 4. The quantitative estimate of drug-likeness (QED) is 0.264. The van der Waals surface area contributed by atoms with Crippen molar-refractivity contribution in [1.29, 1.82) is 0 Å². The molecule has 1 aromatic heterocycles. The van der Waals surface area contributed by atoms with Crippen LogP contribution in [0.15, 0.2) is 114 Å². The maximum Gasteiger partial charge on any atom is 0.337 e. The highest BCUT2D eigenvalue weighted by Gasteiger charge is 2.41. The van der Waals surface area contributed by atoms with Gasteiger partial charge in [0.2, 0.25) is 0 Å². The average molecular weight is 500 g/mol. The lowest BCUT2D eigenvalue weighted by Crippen LogP contribution is -2.19. The summed E-state index contributed by atoms with van der Waals surface area (Å²) in [7, 11) is 0. The van der Waals surface area contributed by atoms with Crippen LogP contribution in [0.5, 0.6) is 0 Å². The first-order valence-electron chi connectivity index (χ1n) is 12.4. The Morgan fingerprint density at radius 1 is 0.737 bits per heavy atom. The molecular weight excluding hydrogens is 477 g/mol. The number of halogens is 1. The second-order valence-electron chi connectivity index (χ2n) is 9.46. The molecule has 38 heavy (non-hydrogen) atoms. The number of ether oxygens (including phenoxy) is 1. The Morgan fingerprint density at radius 3 is 1.95 bits per heavy atom. The molecule has 0 amide bonds. The fourth-order valence-electron chi connectivity index (χ4n) is 5.35. The van der Waals surface area contributed by atoms with E-state index in [9.17, 15) is 9.18 Å². The topological polar surface area (TPSA) is 67.0 Å². The molecule has 5 nitrogen and oxygen atoms in total. The zero-order valence-corrected chi connectivity index (χ0v) is 20.2. The van der Waals surface area contributed by atoms with E-state index in [1.165, 1.54) is 12.1 Å². The lowest BCUT2D eigenvalue weighted by atomic mass is 9.80. The van der Waals surface area contributed by atoms with Gasteiger partial charge in [0.15, 0.2) is 5.82 Å². The van der Waals surface area contributed by atoms with Gasteiger partial charge >= 0.3 is 5.97 Å². The summed E-state index contributed by atoms with van der Waals surface area (Å²) in [5.74, 6) is -0.137. The summed E-state index contributed by atoms with van der Waals surface area (Å²) >= 11 is 0. The number of nitrogens with one attached hydrogen (secondary N) is 2. The largest absolute Gasteiger partial charge is 0.456 e. The van der Waals surface area contributed by atoms with Crippen LogP contribution in [0.2, 0.25) is 0 Å². The smallest absolute Gasteiger partial charge is 0.337 e. The first-order valence-corrected chi connectivity index (χ1v) is 12.4. The Hall–Kier alpha value is -4.97. The predicted octanol–water partition coefficient (Wildman–Crippen LogP) is 6.92. The maximum atomic E-state index is 13.3. The van der Waals surface area contributed by atoms with Gasteiger partial charge in [-0.05, 0) is 45.5 Å². The van der Waals surface area contributed by atoms with Crippen LogP contribution in [-0.4, -0.2) is 22.8 Å². The molecule has 1 unspecified atom stereocenters. The first-order chi connectivity index (χ1) is 18.7. The fourth-order valence-corrected chi connectivity index (χ4v) is 5.35. The van der Waals surface area contributed by atoms with Gasteiger partial charge < -0.3 is 10.1 Å². The second kappa shape index (κ2) is 8.85. The predicted molar refractivity (Wildman–Crippen MR) is 145 cm³/mol. The van der Waals surface area contributed by atoms with Crippen molar-refractivity contribution >= 4 is 11.8 Å². The monoisotopic (exact) mass is 499 g/mol. The number of nitrogens with zero attached hydrogens (tertiary/aromatic N) is 1. The number of rotatable bonds is 4. The van der Waals surface area contributed by atoms with Gasteiger partial charge in [0.1, 0.15) is 12.4 Å². The van der Waals surface area contributed by atoms with Crippen molar-refractivity contribution in [1.82, 2.24) is 10.2 Å². The minimum atomic E-state index is -0.305. The van der Waals surface area contributed by atoms with Crippen LogP contribution < -0.4 is 5.32 Å². The van der Waals surface area contributed by atoms with E-state index in [4.69, 9.17) is 4.74 Å². The third-order valence-electron chi connectivity index (χ3n) is 7.25. The summed E-state index contributed by atoms with van der Waals surface area (Å²) in [6, 6.07) is 33.0. The van der Waals surface area contributed by atoms with Crippen LogP contribution in [0.4, 0.5) is 10.2 Å². The number of carbonyl (C=O) groups is 1. The van der Waals surface area contributed by atoms with Crippen LogP contribution in [-0.2, 0) is 9.53 Å². The van der Waals surface area contributed by atoms with Crippen LogP contribution in [0.25, 0.3) is 33.5 Å². The molecule has 7 rings (SSSR count). The van der Waals surface area contributed by atoms with Crippen molar-refractivity contribution in [2.24, 2.45) is 0 Å². The minimum Gasteiger partial charge on any atom is -0.456 e. The summed E-state index contributed by atoms with van der Waals surface area (Å²) in [5, 5.41) is 11.0. The third-order valence-corrected chi connectivity index (χ3v) is 7.25. The molecule has 0 bridgehead atoms. The van der Waals surface area contributed by atoms with Gasteiger partial charge in [-0.2, -0.15) is 5.10 Å². The first kappa shape index (κ1) is 22.2. The number of carbonyl (C=O) groups excluding carboxylic acids is 1. The second-order valence-corrected chi connectivity index (χ2v) is 9.46. The molecule has 6 heteroatoms. The van der Waals surface area contributed by atoms with Gasteiger partial charge in [-0.25, -0.2) is 9.18 Å². The van der Waals surface area contributed by atoms with E-state index < -0.39 is 0 Å². The zero-order chi connectivity index (χ0) is 25.6. The van der Waals surface area contributed by atoms with E-state index in [1.807, 2.05) is 42.5 Å². The number of anilines is 1. The molecule has 3 heterocycles. The highest BCUT2D eigenvalue weighted by atomic mass is 19.1. The van der Waals surface area contributed by atoms with Gasteiger partial charge in [-0.3, -0.25) is 5.10 Å². The SMILES string of the molecule is O=C1OCC2=C1C(c1ccc(-c3ccc(-c4ccc(F)cc4)cc3)cc1)c1c(n[nH]c1-c1ccccc1)N2. The summed E-state index contributed by atoms with van der Waals surface area (Å²) in [6.07, 6.45) is 0. The van der Waals surface area contributed by atoms with E-state index in [2.05, 4.69) is 51.9 Å². The molecule has 2 N–H and O–H groups in total. The van der Waals surface area contributed by atoms with E-state index in [1.54, 1.807) is 12.1 Å². The van der Waals surface area contributed by atoms with Crippen LogP contribution >= 0.6 is 0 Å². The summed E-state index contributed by atoms with van der Waals surface area (Å²) in [6.45, 7) is 0.218. The van der Waals surface area contributed by atoms with Crippen LogP contribution in [0.3, 0.4) is 0 Å². The Balaban J connectivity index is 1.26. The molecule has 0 spiro atoms. The van der Waals surface area contributed by atoms with Crippen LogP contribution in [0, 0.1) is 5.82 Å². The molecule has 5 aromatic rings. The molecule has 0 saturated heterocycles. The number of H-pyrrole nitrogens is 1. The van der Waals surface area contributed by atoms with Crippen molar-refractivity contribution in [3.05, 3.63) is 131 Å². The van der Waals surface area contributed by atoms with Gasteiger partial charge in [0, 0.05) is 11.5 Å². The standard InChI is InChI=1S/C32H22FN3O2/c33-25-16-14-22(15-17-25)20-8-6-19(7-9-20)21-10-12-23(13-11-21)27-28-26(18-38-32(28)37)34-31-29(27)30(35-36-31)24-4-2-1-3-5-24/h1-17,27H,18H2,(H2,34,35,36). The number of hydrogen-bond donors (Lipinski definition) is 2. The molecule has 184 valence electrons. The highest BCUT2D eigenvalue weighted by molar-refractivity contribution is 5.98. The minimum absolute atomic E-state index is 0.218. The molecule has 1 atom stereocenters. The summed E-state index contributed by atoms with van der Waals surface area (Å²) in [5.41, 5.74) is 9.33. The number of fused-ring (bicyclic) bond motifs is 1. The van der Waals surface area contributed by atoms with E-state index in [0.29, 0.717) is 11.4 Å². The molecular formula is C32H22FN3O2. The van der Waals surface area contributed by atoms with E-state index in [-0.39, 0.29) is 24.3 Å². The number of benzene rings is 4. The lowest BCUT2D eigenvalue weighted by Gasteiger charge is -2.25. The van der Waals surface area contributed by atoms with Gasteiger partial charge in [0.25, 0.3) is 0 Å². The van der Waals surface area contributed by atoms with Gasteiger partial charge in [0.05, 0.1) is 17.0 Å². The molecule has 2 aliphatic heterocycles. The Kier molecular flexibility index (Phi) is 5.18. The van der Waals surface area contributed by atoms with Crippen molar-refractivity contribution in [3.8, 4) is 33.5 Å². The van der Waals surface area contributed by atoms with E-state index >= 15 is 0 Å². The average Bonchev–Trinajstić information content (AvgIpc) is 3.56. The molecule has 0 fully saturated rings.